The molecule has 0 unspecified atom stereocenters. The third-order valence-electron chi connectivity index (χ3n) is 4.72. The number of hydrogen-bond acceptors (Lipinski definition) is 7. The minimum Gasteiger partial charge on any atom is -0.483 e. The highest BCUT2D eigenvalue weighted by Gasteiger charge is 2.19. The van der Waals surface area contributed by atoms with Gasteiger partial charge in [-0.15, -0.1) is 0 Å². The third-order valence-corrected chi connectivity index (χ3v) is 5.32. The maximum Gasteiger partial charge on any atom is 0.271 e. The predicted octanol–water partition coefficient (Wildman–Crippen LogP) is 1.21. The molecule has 0 aliphatic carbocycles. The minimum absolute atomic E-state index is 0.164. The van der Waals surface area contributed by atoms with E-state index in [4.69, 9.17) is 10.5 Å². The van der Waals surface area contributed by atoms with Gasteiger partial charge in [0.15, 0.2) is 6.61 Å². The quantitative estimate of drug-likeness (QED) is 0.421. The van der Waals surface area contributed by atoms with Crippen molar-refractivity contribution in [1.29, 1.82) is 0 Å². The Labute approximate surface area is 176 Å². The van der Waals surface area contributed by atoms with Crippen LogP contribution in [0.15, 0.2) is 47.3 Å². The topological polar surface area (TPSA) is 149 Å². The fourth-order valence-corrected chi connectivity index (χ4v) is 3.85. The number of H-pyrrole nitrogens is 1. The Hall–Kier alpha value is -3.86. The van der Waals surface area contributed by atoms with Gasteiger partial charge in [-0.25, -0.2) is 13.1 Å². The molecule has 160 valence electrons. The van der Waals surface area contributed by atoms with Crippen LogP contribution in [0.2, 0.25) is 0 Å². The zero-order chi connectivity index (χ0) is 22.3. The molecule has 0 aliphatic rings. The van der Waals surface area contributed by atoms with E-state index in [2.05, 4.69) is 10.1 Å². The number of fused-ring (bicyclic) bond motifs is 3. The summed E-state index contributed by atoms with van der Waals surface area (Å²) < 4.78 is 31.1. The molecule has 0 saturated heterocycles. The van der Waals surface area contributed by atoms with Gasteiger partial charge in [0, 0.05) is 10.9 Å². The van der Waals surface area contributed by atoms with E-state index in [0.29, 0.717) is 28.0 Å². The number of pyridine rings is 1. The molecule has 4 aromatic rings. The highest BCUT2D eigenvalue weighted by Crippen LogP contribution is 2.30. The Morgan fingerprint density at radius 1 is 1.23 bits per heavy atom. The molecular weight excluding hydrogens is 422 g/mol. The lowest BCUT2D eigenvalue weighted by atomic mass is 10.1. The Morgan fingerprint density at radius 2 is 1.97 bits per heavy atom. The molecule has 0 saturated carbocycles. The Kier molecular flexibility index (Phi) is 4.90. The molecule has 2 aromatic heterocycles. The number of nitrogens with two attached hydrogens (primary N) is 1. The molecule has 10 nitrogen and oxygen atoms in total. The smallest absolute Gasteiger partial charge is 0.271 e. The Balaban J connectivity index is 1.77. The molecule has 31 heavy (non-hydrogen) atoms. The van der Waals surface area contributed by atoms with Gasteiger partial charge in [0.05, 0.1) is 17.5 Å². The van der Waals surface area contributed by atoms with Gasteiger partial charge in [0.2, 0.25) is 10.0 Å². The maximum absolute atomic E-state index is 12.6. The number of nitrogens with zero attached hydrogens (tertiary/aromatic N) is 2. The van der Waals surface area contributed by atoms with Crippen molar-refractivity contribution >= 4 is 43.6 Å². The average Bonchev–Trinajstić information content (AvgIpc) is 3.04. The van der Waals surface area contributed by atoms with Gasteiger partial charge in [-0.1, -0.05) is 24.3 Å². The highest BCUT2D eigenvalue weighted by molar-refractivity contribution is 7.89. The number of carbonyl (C=O) groups is 1. The van der Waals surface area contributed by atoms with Crippen LogP contribution in [0.3, 0.4) is 0 Å². The first kappa shape index (κ1) is 20.4. The summed E-state index contributed by atoms with van der Waals surface area (Å²) in [5.74, 6) is -0.286. The van der Waals surface area contributed by atoms with Gasteiger partial charge in [-0.3, -0.25) is 14.3 Å². The van der Waals surface area contributed by atoms with Gasteiger partial charge in [-0.05, 0) is 25.1 Å². The van der Waals surface area contributed by atoms with Gasteiger partial charge < -0.3 is 15.5 Å². The number of aromatic nitrogens is 3. The number of ether oxygens (including phenoxy) is 1. The van der Waals surface area contributed by atoms with E-state index in [1.54, 1.807) is 31.2 Å². The van der Waals surface area contributed by atoms with Crippen molar-refractivity contribution in [3.63, 3.8) is 0 Å². The number of sulfonamides is 1. The second kappa shape index (κ2) is 7.43. The first-order valence-electron chi connectivity index (χ1n) is 9.18. The molecule has 4 N–H and O–H groups in total. The predicted molar refractivity (Wildman–Crippen MR) is 117 cm³/mol. The lowest BCUT2D eigenvalue weighted by Crippen LogP contribution is -2.33. The van der Waals surface area contributed by atoms with Crippen molar-refractivity contribution in [2.75, 3.05) is 18.6 Å². The van der Waals surface area contributed by atoms with E-state index in [1.165, 1.54) is 4.68 Å². The fraction of sp³-hybridized carbons (Fsp3) is 0.150. The summed E-state index contributed by atoms with van der Waals surface area (Å²) in [4.78, 5) is 27.1. The number of para-hydroxylation sites is 1. The molecule has 0 atom stereocenters. The molecule has 0 radical (unpaired) electrons. The van der Waals surface area contributed by atoms with Crippen molar-refractivity contribution in [2.24, 2.45) is 0 Å². The van der Waals surface area contributed by atoms with Crippen LogP contribution in [0.4, 0.5) is 5.82 Å². The third kappa shape index (κ3) is 3.82. The van der Waals surface area contributed by atoms with Crippen LogP contribution in [0.5, 0.6) is 5.75 Å². The van der Waals surface area contributed by atoms with Crippen LogP contribution in [-0.2, 0) is 14.8 Å². The van der Waals surface area contributed by atoms with E-state index >= 15 is 0 Å². The fourth-order valence-electron chi connectivity index (χ4n) is 3.38. The number of anilines is 1. The van der Waals surface area contributed by atoms with Crippen LogP contribution in [0, 0.1) is 6.92 Å². The second-order valence-corrected chi connectivity index (χ2v) is 8.76. The molecule has 11 heteroatoms. The Bertz CT molecular complexity index is 1500. The van der Waals surface area contributed by atoms with Gasteiger partial charge in [-0.2, -0.15) is 5.10 Å². The molecule has 1 amide bonds. The van der Waals surface area contributed by atoms with Crippen LogP contribution in [0.25, 0.3) is 27.5 Å². The van der Waals surface area contributed by atoms with E-state index in [1.807, 2.05) is 22.9 Å². The number of nitrogens with one attached hydrogen (secondary N) is 2. The lowest BCUT2D eigenvalue weighted by molar-refractivity contribution is -0.121. The second-order valence-electron chi connectivity index (χ2n) is 7.01. The SMILES string of the molecule is Cc1c(OCC(=O)NS(C)(=O)=O)cccc1-n1nc2c(c1N)c(=O)[nH]c1ccccc12. The Morgan fingerprint density at radius 3 is 2.71 bits per heavy atom. The number of hydrogen-bond donors (Lipinski definition) is 3. The van der Waals surface area contributed by atoms with Crippen molar-refractivity contribution in [3.8, 4) is 11.4 Å². The first-order valence-corrected chi connectivity index (χ1v) is 11.1. The standard InChI is InChI=1S/C20H19N5O5S/c1-11-14(8-5-9-15(11)30-10-16(26)24-31(2,28)29)25-19(21)17-18(23-25)12-6-3-4-7-13(12)22-20(17)27/h3-9H,10,21H2,1-2H3,(H,22,27)(H,24,26). The average molecular weight is 441 g/mol. The van der Waals surface area contributed by atoms with E-state index < -0.39 is 22.5 Å². The minimum atomic E-state index is -3.67. The summed E-state index contributed by atoms with van der Waals surface area (Å²) in [6.45, 7) is 1.26. The molecule has 0 spiro atoms. The number of rotatable bonds is 5. The van der Waals surface area contributed by atoms with E-state index in [0.717, 1.165) is 11.6 Å². The highest BCUT2D eigenvalue weighted by atomic mass is 32.2. The number of aromatic amines is 1. The van der Waals surface area contributed by atoms with Gasteiger partial charge in [0.25, 0.3) is 11.5 Å². The summed E-state index contributed by atoms with van der Waals surface area (Å²) in [7, 11) is -3.67. The van der Waals surface area contributed by atoms with Crippen LogP contribution in [-0.4, -0.2) is 42.0 Å². The zero-order valence-electron chi connectivity index (χ0n) is 16.7. The molecule has 0 bridgehead atoms. The van der Waals surface area contributed by atoms with Gasteiger partial charge in [0.1, 0.15) is 22.5 Å². The molecule has 2 heterocycles. The van der Waals surface area contributed by atoms with Crippen molar-refractivity contribution < 1.29 is 17.9 Å². The zero-order valence-corrected chi connectivity index (χ0v) is 17.5. The largest absolute Gasteiger partial charge is 0.483 e. The summed E-state index contributed by atoms with van der Waals surface area (Å²) >= 11 is 0. The van der Waals surface area contributed by atoms with Crippen LogP contribution < -0.4 is 20.8 Å². The first-order chi connectivity index (χ1) is 14.7. The summed E-state index contributed by atoms with van der Waals surface area (Å²) in [5, 5.41) is 5.60. The summed E-state index contributed by atoms with van der Waals surface area (Å²) in [6, 6.07) is 12.3. The molecule has 2 aromatic carbocycles. The van der Waals surface area contributed by atoms with Crippen molar-refractivity contribution in [2.45, 2.75) is 6.92 Å². The number of nitrogen functional groups attached to an aromatic ring is 1. The normalized spacial score (nSPS) is 11.7. The number of carbonyl (C=O) groups excluding carboxylic acids is 1. The van der Waals surface area contributed by atoms with Crippen LogP contribution >= 0.6 is 0 Å². The molecule has 4 rings (SSSR count). The molecule has 0 fully saturated rings. The van der Waals surface area contributed by atoms with E-state index in [-0.39, 0.29) is 16.8 Å². The lowest BCUT2D eigenvalue weighted by Gasteiger charge is -2.13. The van der Waals surface area contributed by atoms with Crippen LogP contribution in [0.1, 0.15) is 5.56 Å². The number of benzene rings is 2. The van der Waals surface area contributed by atoms with E-state index in [9.17, 15) is 18.0 Å². The molecular formula is C20H19N5O5S. The van der Waals surface area contributed by atoms with Crippen molar-refractivity contribution in [3.05, 3.63) is 58.4 Å². The summed E-state index contributed by atoms with van der Waals surface area (Å²) in [5.41, 5.74) is 8.21. The maximum atomic E-state index is 12.6. The molecule has 0 aliphatic heterocycles. The van der Waals surface area contributed by atoms with Gasteiger partial charge >= 0.3 is 0 Å². The summed E-state index contributed by atoms with van der Waals surface area (Å²) in [6.07, 6.45) is 0.882. The van der Waals surface area contributed by atoms with Crippen molar-refractivity contribution in [1.82, 2.24) is 19.5 Å². The monoisotopic (exact) mass is 441 g/mol. The number of amides is 1.